The molecule has 0 unspecified atom stereocenters. The van der Waals surface area contributed by atoms with Crippen molar-refractivity contribution >= 4 is 28.3 Å². The Kier molecular flexibility index (Phi) is 6.07. The minimum atomic E-state index is -0.714. The molecular weight excluding hydrogens is 429 g/mol. The van der Waals surface area contributed by atoms with E-state index in [1.807, 2.05) is 4.90 Å². The van der Waals surface area contributed by atoms with E-state index in [0.717, 1.165) is 32.6 Å². The summed E-state index contributed by atoms with van der Waals surface area (Å²) >= 11 is 5.90. The first-order chi connectivity index (χ1) is 15.1. The molecule has 0 radical (unpaired) electrons. The van der Waals surface area contributed by atoms with Crippen LogP contribution in [0.3, 0.4) is 0 Å². The first-order valence-electron chi connectivity index (χ1n) is 10.6. The van der Waals surface area contributed by atoms with Crippen LogP contribution in [0.1, 0.15) is 12.8 Å². The third kappa shape index (κ3) is 4.27. The zero-order valence-corrected chi connectivity index (χ0v) is 17.8. The van der Waals surface area contributed by atoms with Crippen LogP contribution in [0.15, 0.2) is 6.20 Å². The van der Waals surface area contributed by atoms with Gasteiger partial charge in [-0.25, -0.2) is 9.37 Å². The Bertz CT molecular complexity index is 953. The average Bonchev–Trinajstić information content (AvgIpc) is 3.07. The topological polar surface area (TPSA) is 93.1 Å². The third-order valence-corrected chi connectivity index (χ3v) is 6.39. The van der Waals surface area contributed by atoms with Crippen LogP contribution >= 0.6 is 11.6 Å². The summed E-state index contributed by atoms with van der Waals surface area (Å²) in [5.41, 5.74) is 0.0512. The van der Waals surface area contributed by atoms with Crippen LogP contribution in [0.25, 0.3) is 10.9 Å². The van der Waals surface area contributed by atoms with Gasteiger partial charge in [-0.15, -0.1) is 0 Å². The molecular formula is C20H25ClFN5O4. The molecule has 5 rings (SSSR count). The van der Waals surface area contributed by atoms with Crippen molar-refractivity contribution in [2.45, 2.75) is 31.0 Å². The molecule has 3 aliphatic heterocycles. The van der Waals surface area contributed by atoms with Gasteiger partial charge in [-0.2, -0.15) is 9.97 Å². The Balaban J connectivity index is 1.44. The molecule has 0 amide bonds. The fourth-order valence-electron chi connectivity index (χ4n) is 4.59. The second kappa shape index (κ2) is 8.95. The highest BCUT2D eigenvalue weighted by Gasteiger charge is 2.36. The number of pyridine rings is 1. The maximum absolute atomic E-state index is 14.8. The largest absolute Gasteiger partial charge is 0.462 e. The summed E-state index contributed by atoms with van der Waals surface area (Å²) in [7, 11) is 0. The van der Waals surface area contributed by atoms with Crippen molar-refractivity contribution in [2.24, 2.45) is 0 Å². The number of halogens is 2. The van der Waals surface area contributed by atoms with E-state index in [-0.39, 0.29) is 29.3 Å². The van der Waals surface area contributed by atoms with Gasteiger partial charge in [0.05, 0.1) is 37.9 Å². The molecule has 5 heterocycles. The molecule has 3 saturated heterocycles. The number of anilines is 1. The van der Waals surface area contributed by atoms with Gasteiger partial charge in [-0.1, -0.05) is 11.6 Å². The van der Waals surface area contributed by atoms with Crippen molar-refractivity contribution in [1.82, 2.24) is 19.9 Å². The van der Waals surface area contributed by atoms with Crippen LogP contribution in [0.2, 0.25) is 5.15 Å². The third-order valence-electron chi connectivity index (χ3n) is 6.13. The van der Waals surface area contributed by atoms with Crippen LogP contribution in [0.4, 0.5) is 10.2 Å². The van der Waals surface area contributed by atoms with Gasteiger partial charge in [0.25, 0.3) is 0 Å². The molecule has 3 fully saturated rings. The van der Waals surface area contributed by atoms with Crippen LogP contribution in [0.5, 0.6) is 6.01 Å². The zero-order chi connectivity index (χ0) is 21.4. The van der Waals surface area contributed by atoms with Gasteiger partial charge in [0.15, 0.2) is 11.0 Å². The first-order valence-corrected chi connectivity index (χ1v) is 11.0. The monoisotopic (exact) mass is 453 g/mol. The summed E-state index contributed by atoms with van der Waals surface area (Å²) in [5.74, 6) is -0.267. The second-order valence-electron chi connectivity index (χ2n) is 8.14. The number of nitrogens with zero attached hydrogens (tertiary/aromatic N) is 5. The first kappa shape index (κ1) is 21.0. The molecule has 0 aliphatic carbocycles. The fraction of sp³-hybridized carbons (Fsp3) is 0.650. The molecule has 0 saturated carbocycles. The number of hydrogen-bond acceptors (Lipinski definition) is 9. The quantitative estimate of drug-likeness (QED) is 0.686. The van der Waals surface area contributed by atoms with E-state index in [9.17, 15) is 9.50 Å². The summed E-state index contributed by atoms with van der Waals surface area (Å²) in [6.45, 7) is 4.21. The van der Waals surface area contributed by atoms with Crippen molar-refractivity contribution in [1.29, 1.82) is 0 Å². The summed E-state index contributed by atoms with van der Waals surface area (Å²) in [6, 6.07) is 0.757. The summed E-state index contributed by atoms with van der Waals surface area (Å²) < 4.78 is 31.7. The van der Waals surface area contributed by atoms with Gasteiger partial charge in [-0.05, 0) is 12.8 Å². The predicted molar refractivity (Wildman–Crippen MR) is 111 cm³/mol. The van der Waals surface area contributed by atoms with Crippen LogP contribution < -0.4 is 9.64 Å². The van der Waals surface area contributed by atoms with E-state index in [0.29, 0.717) is 43.5 Å². The highest BCUT2D eigenvalue weighted by molar-refractivity contribution is 6.30. The van der Waals surface area contributed by atoms with Crippen LogP contribution in [-0.4, -0.2) is 95.8 Å². The van der Waals surface area contributed by atoms with E-state index >= 15 is 0 Å². The van der Waals surface area contributed by atoms with Crippen molar-refractivity contribution in [3.05, 3.63) is 17.2 Å². The van der Waals surface area contributed by atoms with Gasteiger partial charge in [-0.3, -0.25) is 4.90 Å². The van der Waals surface area contributed by atoms with Crippen LogP contribution in [-0.2, 0) is 9.47 Å². The van der Waals surface area contributed by atoms with Gasteiger partial charge >= 0.3 is 6.01 Å². The maximum atomic E-state index is 14.8. The van der Waals surface area contributed by atoms with Gasteiger partial charge in [0.2, 0.25) is 0 Å². The number of ether oxygens (including phenoxy) is 3. The van der Waals surface area contributed by atoms with E-state index < -0.39 is 11.9 Å². The van der Waals surface area contributed by atoms with Gasteiger partial charge < -0.3 is 24.2 Å². The number of aliphatic hydroxyl groups is 1. The normalized spacial score (nSPS) is 27.3. The highest BCUT2D eigenvalue weighted by atomic mass is 35.5. The van der Waals surface area contributed by atoms with E-state index in [2.05, 4.69) is 19.9 Å². The van der Waals surface area contributed by atoms with E-state index in [1.54, 1.807) is 0 Å². The minimum Gasteiger partial charge on any atom is -0.462 e. The standard InChI is InChI=1S/C20H25ClFN5O4/c21-18-16(22)17-15(7-23-18)19(26-3-5-30-11-14(28)8-26)25-20(24-17)31-10-13-2-1-12-9-29-6-4-27(12)13/h7,12-14,28H,1-6,8-11H2/t12-,13-,14-/m0/s1. The summed E-state index contributed by atoms with van der Waals surface area (Å²) in [4.78, 5) is 17.0. The fourth-order valence-corrected chi connectivity index (χ4v) is 4.73. The number of rotatable bonds is 4. The Morgan fingerprint density at radius 2 is 2.03 bits per heavy atom. The van der Waals surface area contributed by atoms with E-state index in [4.69, 9.17) is 25.8 Å². The SMILES string of the molecule is O[C@@H]1COCCN(c2nc(OC[C@@H]3CC[C@H]4COCCN43)nc3c(F)c(Cl)ncc23)C1. The van der Waals surface area contributed by atoms with Gasteiger partial charge in [0, 0.05) is 37.9 Å². The Morgan fingerprint density at radius 1 is 1.19 bits per heavy atom. The number of β-amino-alcohol motifs (C(OH)–C–C–N with tert-alkyl or cyclic N) is 1. The maximum Gasteiger partial charge on any atom is 0.319 e. The lowest BCUT2D eigenvalue weighted by molar-refractivity contribution is -0.0101. The van der Waals surface area contributed by atoms with Gasteiger partial charge in [0.1, 0.15) is 17.9 Å². The lowest BCUT2D eigenvalue weighted by Gasteiger charge is -2.33. The van der Waals surface area contributed by atoms with Crippen molar-refractivity contribution < 1.29 is 23.7 Å². The molecule has 0 aromatic carbocycles. The zero-order valence-electron chi connectivity index (χ0n) is 17.0. The smallest absolute Gasteiger partial charge is 0.319 e. The molecule has 1 N–H and O–H groups in total. The van der Waals surface area contributed by atoms with Crippen molar-refractivity contribution in [3.8, 4) is 6.01 Å². The Hall–Kier alpha value is -1.85. The molecule has 3 aliphatic rings. The Labute approximate surface area is 184 Å². The molecule has 2 aromatic rings. The molecule has 31 heavy (non-hydrogen) atoms. The van der Waals surface area contributed by atoms with Crippen LogP contribution in [0, 0.1) is 5.82 Å². The molecule has 0 spiro atoms. The molecule has 9 nitrogen and oxygen atoms in total. The van der Waals surface area contributed by atoms with E-state index in [1.165, 1.54) is 6.20 Å². The molecule has 3 atom stereocenters. The second-order valence-corrected chi connectivity index (χ2v) is 8.50. The predicted octanol–water partition coefficient (Wildman–Crippen LogP) is 1.26. The number of fused-ring (bicyclic) bond motifs is 2. The molecule has 168 valence electrons. The van der Waals surface area contributed by atoms with Crippen molar-refractivity contribution in [3.63, 3.8) is 0 Å². The van der Waals surface area contributed by atoms with Crippen molar-refractivity contribution in [2.75, 3.05) is 57.6 Å². The molecule has 2 aromatic heterocycles. The Morgan fingerprint density at radius 3 is 2.94 bits per heavy atom. The summed E-state index contributed by atoms with van der Waals surface area (Å²) in [5, 5.41) is 10.3. The molecule has 0 bridgehead atoms. The number of morpholine rings is 1. The number of aromatic nitrogens is 3. The summed E-state index contributed by atoms with van der Waals surface area (Å²) in [6.07, 6.45) is 2.85. The number of hydrogen-bond donors (Lipinski definition) is 1. The highest BCUT2D eigenvalue weighted by Crippen LogP contribution is 2.31. The average molecular weight is 454 g/mol. The molecule has 11 heteroatoms. The lowest BCUT2D eigenvalue weighted by Crippen LogP contribution is -2.46. The lowest BCUT2D eigenvalue weighted by atomic mass is 10.2. The number of aliphatic hydroxyl groups excluding tert-OH is 1. The minimum absolute atomic E-state index is 0.0512.